The molecule has 0 unspecified atom stereocenters. The molecule has 0 spiro atoms. The molecule has 0 radical (unpaired) electrons. The summed E-state index contributed by atoms with van der Waals surface area (Å²) in [5.74, 6) is -0.0304. The van der Waals surface area contributed by atoms with Crippen molar-refractivity contribution in [1.29, 1.82) is 0 Å². The Labute approximate surface area is 153 Å². The van der Waals surface area contributed by atoms with Crippen LogP contribution in [0.15, 0.2) is 28.7 Å². The highest BCUT2D eigenvalue weighted by Gasteiger charge is 2.29. The van der Waals surface area contributed by atoms with Gasteiger partial charge in [-0.15, -0.1) is 11.3 Å². The van der Waals surface area contributed by atoms with E-state index in [9.17, 15) is 9.59 Å². The van der Waals surface area contributed by atoms with Crippen LogP contribution in [0.25, 0.3) is 0 Å². The number of carbonyl (C=O) groups is 2. The average molecular weight is 408 g/mol. The van der Waals surface area contributed by atoms with Gasteiger partial charge in [0, 0.05) is 9.35 Å². The zero-order valence-electron chi connectivity index (χ0n) is 13.5. The predicted molar refractivity (Wildman–Crippen MR) is 98.9 cm³/mol. The number of thiophene rings is 1. The van der Waals surface area contributed by atoms with Gasteiger partial charge in [0.05, 0.1) is 18.2 Å². The maximum atomic E-state index is 12.6. The van der Waals surface area contributed by atoms with Crippen LogP contribution in [0.4, 0.5) is 5.00 Å². The van der Waals surface area contributed by atoms with Crippen molar-refractivity contribution >= 4 is 44.1 Å². The van der Waals surface area contributed by atoms with Gasteiger partial charge in [-0.1, -0.05) is 19.1 Å². The van der Waals surface area contributed by atoms with Gasteiger partial charge in [0.1, 0.15) is 5.00 Å². The number of amides is 1. The first-order valence-electron chi connectivity index (χ1n) is 7.80. The van der Waals surface area contributed by atoms with E-state index in [0.29, 0.717) is 22.0 Å². The lowest BCUT2D eigenvalue weighted by Crippen LogP contribution is -2.16. The third-order valence-electron chi connectivity index (χ3n) is 4.25. The van der Waals surface area contributed by atoms with E-state index in [4.69, 9.17) is 4.74 Å². The highest BCUT2D eigenvalue weighted by atomic mass is 79.9. The van der Waals surface area contributed by atoms with Crippen molar-refractivity contribution in [2.45, 2.75) is 26.2 Å². The molecule has 1 aromatic heterocycles. The summed E-state index contributed by atoms with van der Waals surface area (Å²) in [5.41, 5.74) is 2.09. The second kappa shape index (κ2) is 7.07. The van der Waals surface area contributed by atoms with Crippen LogP contribution < -0.4 is 5.32 Å². The number of benzene rings is 1. The maximum Gasteiger partial charge on any atom is 0.341 e. The van der Waals surface area contributed by atoms with Gasteiger partial charge in [0.25, 0.3) is 5.91 Å². The van der Waals surface area contributed by atoms with E-state index in [1.165, 1.54) is 23.3 Å². The topological polar surface area (TPSA) is 55.4 Å². The minimum Gasteiger partial charge on any atom is -0.465 e. The first-order chi connectivity index (χ1) is 11.5. The molecule has 24 heavy (non-hydrogen) atoms. The standard InChI is InChI=1S/C18H18BrNO3S/c1-10-7-8-12-14(9-10)24-17(15(12)18(22)23-2)20-16(21)11-5-3-4-6-13(11)19/h3-6,10H,7-9H2,1-2H3,(H,20,21)/t10-/m0/s1. The van der Waals surface area contributed by atoms with E-state index >= 15 is 0 Å². The van der Waals surface area contributed by atoms with E-state index in [1.807, 2.05) is 18.2 Å². The normalized spacial score (nSPS) is 16.4. The summed E-state index contributed by atoms with van der Waals surface area (Å²) in [6, 6.07) is 7.22. The van der Waals surface area contributed by atoms with Crippen molar-refractivity contribution in [3.63, 3.8) is 0 Å². The Bertz CT molecular complexity index is 800. The lowest BCUT2D eigenvalue weighted by molar-refractivity contribution is 0.0601. The molecular weight excluding hydrogens is 390 g/mol. The fourth-order valence-corrected chi connectivity index (χ4v) is 4.83. The first-order valence-corrected chi connectivity index (χ1v) is 9.41. The number of rotatable bonds is 3. The largest absolute Gasteiger partial charge is 0.465 e. The van der Waals surface area contributed by atoms with Crippen molar-refractivity contribution in [1.82, 2.24) is 0 Å². The van der Waals surface area contributed by atoms with Crippen LogP contribution in [0, 0.1) is 5.92 Å². The smallest absolute Gasteiger partial charge is 0.341 e. The molecule has 6 heteroatoms. The van der Waals surface area contributed by atoms with Gasteiger partial charge in [-0.3, -0.25) is 4.79 Å². The lowest BCUT2D eigenvalue weighted by Gasteiger charge is -2.18. The zero-order valence-corrected chi connectivity index (χ0v) is 15.9. The van der Waals surface area contributed by atoms with Crippen LogP contribution in [0.5, 0.6) is 0 Å². The molecule has 1 aromatic carbocycles. The number of nitrogens with one attached hydrogen (secondary N) is 1. The van der Waals surface area contributed by atoms with Crippen LogP contribution in [-0.2, 0) is 17.6 Å². The van der Waals surface area contributed by atoms with Crippen molar-refractivity contribution in [2.24, 2.45) is 5.92 Å². The van der Waals surface area contributed by atoms with Crippen LogP contribution in [-0.4, -0.2) is 19.0 Å². The minimum absolute atomic E-state index is 0.237. The minimum atomic E-state index is -0.385. The lowest BCUT2D eigenvalue weighted by atomic mass is 9.88. The van der Waals surface area contributed by atoms with Crippen LogP contribution in [0.3, 0.4) is 0 Å². The van der Waals surface area contributed by atoms with Crippen molar-refractivity contribution < 1.29 is 14.3 Å². The summed E-state index contributed by atoms with van der Waals surface area (Å²) < 4.78 is 5.67. The molecule has 0 saturated heterocycles. The van der Waals surface area contributed by atoms with Gasteiger partial charge in [-0.2, -0.15) is 0 Å². The Morgan fingerprint density at radius 1 is 1.33 bits per heavy atom. The Balaban J connectivity index is 1.97. The molecule has 0 saturated carbocycles. The average Bonchev–Trinajstić information content (AvgIpc) is 2.91. The molecule has 1 N–H and O–H groups in total. The summed E-state index contributed by atoms with van der Waals surface area (Å²) in [4.78, 5) is 26.0. The van der Waals surface area contributed by atoms with E-state index in [-0.39, 0.29) is 11.9 Å². The monoisotopic (exact) mass is 407 g/mol. The summed E-state index contributed by atoms with van der Waals surface area (Å²) in [5, 5.41) is 3.49. The number of carbonyl (C=O) groups excluding carboxylic acids is 2. The highest BCUT2D eigenvalue weighted by Crippen LogP contribution is 2.40. The Morgan fingerprint density at radius 2 is 2.08 bits per heavy atom. The molecule has 1 heterocycles. The van der Waals surface area contributed by atoms with Crippen molar-refractivity contribution in [3.8, 4) is 0 Å². The third-order valence-corrected chi connectivity index (χ3v) is 6.11. The molecule has 1 aliphatic carbocycles. The van der Waals surface area contributed by atoms with Gasteiger partial charge >= 0.3 is 5.97 Å². The quantitative estimate of drug-likeness (QED) is 0.751. The molecule has 2 aromatic rings. The summed E-state index contributed by atoms with van der Waals surface area (Å²) in [6.45, 7) is 2.21. The number of halogens is 1. The number of hydrogen-bond donors (Lipinski definition) is 1. The number of ether oxygens (including phenoxy) is 1. The Morgan fingerprint density at radius 3 is 2.79 bits per heavy atom. The van der Waals surface area contributed by atoms with Gasteiger partial charge < -0.3 is 10.1 Å². The van der Waals surface area contributed by atoms with Gasteiger partial charge in [0.2, 0.25) is 0 Å². The Kier molecular flexibility index (Phi) is 5.06. The molecule has 0 aliphatic heterocycles. The first kappa shape index (κ1) is 17.2. The van der Waals surface area contributed by atoms with E-state index in [0.717, 1.165) is 29.3 Å². The zero-order chi connectivity index (χ0) is 17.3. The summed E-state index contributed by atoms with van der Waals surface area (Å²) in [7, 11) is 1.37. The summed E-state index contributed by atoms with van der Waals surface area (Å²) >= 11 is 4.88. The van der Waals surface area contributed by atoms with E-state index < -0.39 is 0 Å². The van der Waals surface area contributed by atoms with Crippen LogP contribution >= 0.6 is 27.3 Å². The fourth-order valence-electron chi connectivity index (χ4n) is 2.97. The second-order valence-corrected chi connectivity index (χ2v) is 7.94. The molecule has 3 rings (SSSR count). The second-order valence-electron chi connectivity index (χ2n) is 5.98. The molecule has 1 aliphatic rings. The van der Waals surface area contributed by atoms with Crippen molar-refractivity contribution in [2.75, 3.05) is 12.4 Å². The number of hydrogen-bond acceptors (Lipinski definition) is 4. The number of methoxy groups -OCH3 is 1. The molecule has 0 fully saturated rings. The molecule has 1 atom stereocenters. The molecule has 4 nitrogen and oxygen atoms in total. The van der Waals surface area contributed by atoms with Crippen molar-refractivity contribution in [3.05, 3.63) is 50.3 Å². The molecule has 126 valence electrons. The maximum absolute atomic E-state index is 12.6. The molecular formula is C18H18BrNO3S. The third kappa shape index (κ3) is 3.26. The summed E-state index contributed by atoms with van der Waals surface area (Å²) in [6.07, 6.45) is 2.84. The molecule has 1 amide bonds. The number of anilines is 1. The Hall–Kier alpha value is -1.66. The van der Waals surface area contributed by atoms with Crippen LogP contribution in [0.2, 0.25) is 0 Å². The van der Waals surface area contributed by atoms with Crippen LogP contribution in [0.1, 0.15) is 44.5 Å². The predicted octanol–water partition coefficient (Wildman–Crippen LogP) is 4.67. The van der Waals surface area contributed by atoms with E-state index in [1.54, 1.807) is 6.07 Å². The van der Waals surface area contributed by atoms with Gasteiger partial charge in [-0.25, -0.2) is 4.79 Å². The van der Waals surface area contributed by atoms with Gasteiger partial charge in [0.15, 0.2) is 0 Å². The molecule has 0 bridgehead atoms. The van der Waals surface area contributed by atoms with Gasteiger partial charge in [-0.05, 0) is 58.8 Å². The number of fused-ring (bicyclic) bond motifs is 1. The van der Waals surface area contributed by atoms with E-state index in [2.05, 4.69) is 28.2 Å². The number of esters is 1. The highest BCUT2D eigenvalue weighted by molar-refractivity contribution is 9.10. The fraction of sp³-hybridized carbons (Fsp3) is 0.333. The SMILES string of the molecule is COC(=O)c1c(NC(=O)c2ccccc2Br)sc2c1CC[C@H](C)C2.